The summed E-state index contributed by atoms with van der Waals surface area (Å²) in [7, 11) is 0. The van der Waals surface area contributed by atoms with Crippen molar-refractivity contribution in [1.29, 1.82) is 0 Å². The molecule has 1 aromatic rings. The number of anilines is 1. The zero-order chi connectivity index (χ0) is 15.3. The lowest BCUT2D eigenvalue weighted by Crippen LogP contribution is -2.44. The van der Waals surface area contributed by atoms with E-state index in [9.17, 15) is 9.59 Å². The standard InChI is InChI=1S/C14H19ClN2O3/c1-9(12(18)20-14(2,3)4)16-13(19)17-11-8-6-5-7-10(11)15/h5-9H,1-4H3,(H2,16,17,19)/t9-/m1/s1. The van der Waals surface area contributed by atoms with Gasteiger partial charge < -0.3 is 15.4 Å². The highest BCUT2D eigenvalue weighted by molar-refractivity contribution is 6.33. The number of ether oxygens (including phenoxy) is 1. The molecule has 0 spiro atoms. The first kappa shape index (κ1) is 16.3. The quantitative estimate of drug-likeness (QED) is 0.842. The van der Waals surface area contributed by atoms with Gasteiger partial charge in [0.1, 0.15) is 11.6 Å². The monoisotopic (exact) mass is 298 g/mol. The minimum absolute atomic E-state index is 0.424. The molecule has 0 fully saturated rings. The van der Waals surface area contributed by atoms with Crippen LogP contribution in [-0.4, -0.2) is 23.6 Å². The number of halogens is 1. The van der Waals surface area contributed by atoms with Gasteiger partial charge in [-0.05, 0) is 39.8 Å². The largest absolute Gasteiger partial charge is 0.458 e. The third-order valence-electron chi connectivity index (χ3n) is 2.23. The molecule has 0 aliphatic heterocycles. The molecule has 0 unspecified atom stereocenters. The van der Waals surface area contributed by atoms with Crippen LogP contribution in [-0.2, 0) is 9.53 Å². The number of nitrogens with one attached hydrogen (secondary N) is 2. The van der Waals surface area contributed by atoms with Crippen LogP contribution in [0.1, 0.15) is 27.7 Å². The van der Waals surface area contributed by atoms with Crippen LogP contribution in [0.5, 0.6) is 0 Å². The van der Waals surface area contributed by atoms with E-state index in [0.717, 1.165) is 0 Å². The second kappa shape index (κ2) is 6.61. The zero-order valence-corrected chi connectivity index (χ0v) is 12.7. The van der Waals surface area contributed by atoms with E-state index >= 15 is 0 Å². The van der Waals surface area contributed by atoms with Gasteiger partial charge in [0.2, 0.25) is 0 Å². The van der Waals surface area contributed by atoms with Crippen molar-refractivity contribution in [2.45, 2.75) is 39.3 Å². The van der Waals surface area contributed by atoms with Gasteiger partial charge in [-0.15, -0.1) is 0 Å². The van der Waals surface area contributed by atoms with Gasteiger partial charge in [0.25, 0.3) is 0 Å². The Bertz CT molecular complexity index is 497. The minimum Gasteiger partial charge on any atom is -0.458 e. The number of esters is 1. The lowest BCUT2D eigenvalue weighted by molar-refractivity contribution is -0.156. The van der Waals surface area contributed by atoms with Gasteiger partial charge in [0.05, 0.1) is 10.7 Å². The predicted octanol–water partition coefficient (Wildman–Crippen LogP) is 3.19. The average molecular weight is 299 g/mol. The summed E-state index contributed by atoms with van der Waals surface area (Å²) in [5.74, 6) is -0.494. The summed E-state index contributed by atoms with van der Waals surface area (Å²) in [6.45, 7) is 6.85. The summed E-state index contributed by atoms with van der Waals surface area (Å²) in [6, 6.07) is 5.57. The van der Waals surface area contributed by atoms with Crippen molar-refractivity contribution in [2.75, 3.05) is 5.32 Å². The van der Waals surface area contributed by atoms with E-state index in [4.69, 9.17) is 16.3 Å². The van der Waals surface area contributed by atoms with Crippen LogP contribution in [0.2, 0.25) is 5.02 Å². The molecule has 0 saturated carbocycles. The summed E-state index contributed by atoms with van der Waals surface area (Å²) in [6.07, 6.45) is 0. The van der Waals surface area contributed by atoms with Crippen LogP contribution in [0.15, 0.2) is 24.3 Å². The maximum absolute atomic E-state index is 11.8. The number of urea groups is 1. The van der Waals surface area contributed by atoms with E-state index in [1.165, 1.54) is 0 Å². The molecule has 0 bridgehead atoms. The highest BCUT2D eigenvalue weighted by Gasteiger charge is 2.23. The predicted molar refractivity (Wildman–Crippen MR) is 78.9 cm³/mol. The first-order valence-electron chi connectivity index (χ1n) is 6.24. The molecular weight excluding hydrogens is 280 g/mol. The van der Waals surface area contributed by atoms with Gasteiger partial charge in [-0.2, -0.15) is 0 Å². The Hall–Kier alpha value is -1.75. The highest BCUT2D eigenvalue weighted by atomic mass is 35.5. The molecule has 1 aromatic carbocycles. The number of para-hydroxylation sites is 1. The summed E-state index contributed by atoms with van der Waals surface area (Å²) in [5, 5.41) is 5.49. The Morgan fingerprint density at radius 1 is 1.25 bits per heavy atom. The highest BCUT2D eigenvalue weighted by Crippen LogP contribution is 2.20. The lowest BCUT2D eigenvalue weighted by Gasteiger charge is -2.22. The molecule has 2 amide bonds. The molecule has 2 N–H and O–H groups in total. The summed E-state index contributed by atoms with van der Waals surface area (Å²) in [5.41, 5.74) is -0.116. The molecule has 20 heavy (non-hydrogen) atoms. The smallest absolute Gasteiger partial charge is 0.328 e. The molecule has 0 aliphatic rings. The lowest BCUT2D eigenvalue weighted by atomic mass is 10.2. The van der Waals surface area contributed by atoms with Crippen molar-refractivity contribution in [3.63, 3.8) is 0 Å². The van der Waals surface area contributed by atoms with E-state index in [0.29, 0.717) is 10.7 Å². The van der Waals surface area contributed by atoms with Crippen LogP contribution in [0, 0.1) is 0 Å². The average Bonchev–Trinajstić information content (AvgIpc) is 2.29. The van der Waals surface area contributed by atoms with E-state index in [2.05, 4.69) is 10.6 Å². The molecular formula is C14H19ClN2O3. The molecule has 1 rings (SSSR count). The van der Waals surface area contributed by atoms with E-state index in [1.54, 1.807) is 52.0 Å². The first-order chi connectivity index (χ1) is 9.19. The fraction of sp³-hybridized carbons (Fsp3) is 0.429. The van der Waals surface area contributed by atoms with E-state index in [1.807, 2.05) is 0 Å². The number of rotatable bonds is 3. The Morgan fingerprint density at radius 3 is 2.40 bits per heavy atom. The van der Waals surface area contributed by atoms with Crippen LogP contribution in [0.3, 0.4) is 0 Å². The van der Waals surface area contributed by atoms with Gasteiger partial charge in [-0.3, -0.25) is 0 Å². The number of amides is 2. The van der Waals surface area contributed by atoms with Crippen LogP contribution < -0.4 is 10.6 Å². The maximum atomic E-state index is 11.8. The molecule has 6 heteroatoms. The topological polar surface area (TPSA) is 67.4 Å². The zero-order valence-electron chi connectivity index (χ0n) is 12.0. The molecule has 0 aliphatic carbocycles. The Labute approximate surface area is 123 Å². The molecule has 0 heterocycles. The normalized spacial score (nSPS) is 12.4. The number of benzene rings is 1. The van der Waals surface area contributed by atoms with Gasteiger partial charge in [-0.25, -0.2) is 9.59 Å². The summed E-state index contributed by atoms with van der Waals surface area (Å²) < 4.78 is 5.17. The molecule has 1 atom stereocenters. The third-order valence-corrected chi connectivity index (χ3v) is 2.56. The number of carbonyl (C=O) groups is 2. The van der Waals surface area contributed by atoms with Gasteiger partial charge >= 0.3 is 12.0 Å². The Balaban J connectivity index is 2.54. The number of carbonyl (C=O) groups excluding carboxylic acids is 2. The van der Waals surface area contributed by atoms with Gasteiger partial charge in [-0.1, -0.05) is 23.7 Å². The van der Waals surface area contributed by atoms with Crippen LogP contribution >= 0.6 is 11.6 Å². The Kier molecular flexibility index (Phi) is 5.39. The fourth-order valence-electron chi connectivity index (χ4n) is 1.37. The van der Waals surface area contributed by atoms with Crippen molar-refractivity contribution in [3.8, 4) is 0 Å². The SMILES string of the molecule is C[C@@H](NC(=O)Nc1ccccc1Cl)C(=O)OC(C)(C)C. The molecule has 0 aromatic heterocycles. The van der Waals surface area contributed by atoms with Crippen molar-refractivity contribution in [1.82, 2.24) is 5.32 Å². The summed E-state index contributed by atoms with van der Waals surface area (Å²) >= 11 is 5.92. The molecule has 0 radical (unpaired) electrons. The van der Waals surface area contributed by atoms with E-state index in [-0.39, 0.29) is 0 Å². The molecule has 0 saturated heterocycles. The van der Waals surface area contributed by atoms with Crippen molar-refractivity contribution in [2.24, 2.45) is 0 Å². The Morgan fingerprint density at radius 2 is 1.85 bits per heavy atom. The van der Waals surface area contributed by atoms with Crippen molar-refractivity contribution < 1.29 is 14.3 Å². The van der Waals surface area contributed by atoms with Crippen LogP contribution in [0.25, 0.3) is 0 Å². The van der Waals surface area contributed by atoms with E-state index < -0.39 is 23.6 Å². The molecule has 5 nitrogen and oxygen atoms in total. The van der Waals surface area contributed by atoms with Gasteiger partial charge in [0.15, 0.2) is 0 Å². The summed E-state index contributed by atoms with van der Waals surface area (Å²) in [4.78, 5) is 23.5. The molecule has 110 valence electrons. The van der Waals surface area contributed by atoms with Crippen LogP contribution in [0.4, 0.5) is 10.5 Å². The minimum atomic E-state index is -0.753. The van der Waals surface area contributed by atoms with Crippen molar-refractivity contribution >= 4 is 29.3 Å². The second-order valence-electron chi connectivity index (χ2n) is 5.33. The van der Waals surface area contributed by atoms with Crippen molar-refractivity contribution in [3.05, 3.63) is 29.3 Å². The fourth-order valence-corrected chi connectivity index (χ4v) is 1.55. The second-order valence-corrected chi connectivity index (χ2v) is 5.74. The van der Waals surface area contributed by atoms with Gasteiger partial charge in [0, 0.05) is 0 Å². The first-order valence-corrected chi connectivity index (χ1v) is 6.62. The third kappa shape index (κ3) is 5.48. The number of hydrogen-bond donors (Lipinski definition) is 2. The maximum Gasteiger partial charge on any atom is 0.328 e. The number of hydrogen-bond acceptors (Lipinski definition) is 3.